The third kappa shape index (κ3) is 2.48. The number of carbonyl (C=O) groups is 1. The molecule has 1 N–H and O–H groups in total. The van der Waals surface area contributed by atoms with Crippen LogP contribution in [0.1, 0.15) is 59.3 Å². The molecule has 2 amide bonds. The molecule has 0 aromatic heterocycles. The number of urea groups is 1. The minimum absolute atomic E-state index is 0.189. The van der Waals surface area contributed by atoms with E-state index in [1.807, 2.05) is 0 Å². The highest BCUT2D eigenvalue weighted by Crippen LogP contribution is 2.65. The van der Waals surface area contributed by atoms with Gasteiger partial charge in [-0.3, -0.25) is 0 Å². The molecule has 4 heteroatoms. The molecule has 1 heterocycles. The van der Waals surface area contributed by atoms with Gasteiger partial charge < -0.3 is 15.0 Å². The van der Waals surface area contributed by atoms with Crippen LogP contribution in [-0.4, -0.2) is 42.8 Å². The van der Waals surface area contributed by atoms with Gasteiger partial charge in [-0.25, -0.2) is 4.79 Å². The predicted octanol–water partition coefficient (Wildman–Crippen LogP) is 3.41. The standard InChI is InChI=1S/C19H32N2O2/c1-18(2)14-6-8-19(18,3)16(10-14)20-17(22)21(15-4-5-15)11-13-7-9-23-12-13/h13-16H,4-12H2,1-3H3,(H,20,22)/t13-,14+,16-,19+/m1/s1. The summed E-state index contributed by atoms with van der Waals surface area (Å²) in [5.41, 5.74) is 0.619. The molecule has 0 unspecified atom stereocenters. The van der Waals surface area contributed by atoms with Gasteiger partial charge in [-0.15, -0.1) is 0 Å². The Hall–Kier alpha value is -0.770. The smallest absolute Gasteiger partial charge is 0.317 e. The van der Waals surface area contributed by atoms with Crippen LogP contribution in [0.15, 0.2) is 0 Å². The van der Waals surface area contributed by atoms with Crippen molar-refractivity contribution in [2.75, 3.05) is 19.8 Å². The molecular formula is C19H32N2O2. The Morgan fingerprint density at radius 2 is 2.00 bits per heavy atom. The number of amides is 2. The Morgan fingerprint density at radius 3 is 2.52 bits per heavy atom. The Balaban J connectivity index is 1.42. The minimum Gasteiger partial charge on any atom is -0.381 e. The van der Waals surface area contributed by atoms with Gasteiger partial charge in [0.25, 0.3) is 0 Å². The van der Waals surface area contributed by atoms with Crippen LogP contribution in [0.5, 0.6) is 0 Å². The molecule has 130 valence electrons. The number of hydrogen-bond donors (Lipinski definition) is 1. The lowest BCUT2D eigenvalue weighted by atomic mass is 9.69. The number of ether oxygens (including phenoxy) is 1. The van der Waals surface area contributed by atoms with Crippen molar-refractivity contribution in [2.45, 2.75) is 71.4 Å². The van der Waals surface area contributed by atoms with Gasteiger partial charge in [0.1, 0.15) is 0 Å². The summed E-state index contributed by atoms with van der Waals surface area (Å²) in [7, 11) is 0. The summed E-state index contributed by atoms with van der Waals surface area (Å²) in [6.45, 7) is 9.79. The zero-order valence-electron chi connectivity index (χ0n) is 14.9. The highest BCUT2D eigenvalue weighted by atomic mass is 16.5. The van der Waals surface area contributed by atoms with Gasteiger partial charge in [-0.05, 0) is 55.3 Å². The van der Waals surface area contributed by atoms with Gasteiger partial charge >= 0.3 is 6.03 Å². The number of rotatable bonds is 4. The van der Waals surface area contributed by atoms with E-state index >= 15 is 0 Å². The second kappa shape index (κ2) is 5.37. The number of hydrogen-bond acceptors (Lipinski definition) is 2. The minimum atomic E-state index is 0.189. The highest BCUT2D eigenvalue weighted by Gasteiger charge is 2.61. The summed E-state index contributed by atoms with van der Waals surface area (Å²) in [6.07, 6.45) is 7.22. The fraction of sp³-hybridized carbons (Fsp3) is 0.947. The van der Waals surface area contributed by atoms with Gasteiger partial charge in [0, 0.05) is 31.2 Å². The molecule has 2 bridgehead atoms. The predicted molar refractivity (Wildman–Crippen MR) is 90.2 cm³/mol. The number of nitrogens with one attached hydrogen (secondary N) is 1. The topological polar surface area (TPSA) is 41.6 Å². The van der Waals surface area contributed by atoms with Crippen molar-refractivity contribution in [3.05, 3.63) is 0 Å². The molecular weight excluding hydrogens is 288 g/mol. The molecule has 4 rings (SSSR count). The maximum atomic E-state index is 13.0. The highest BCUT2D eigenvalue weighted by molar-refractivity contribution is 5.75. The van der Waals surface area contributed by atoms with E-state index < -0.39 is 0 Å². The molecule has 4 fully saturated rings. The normalized spacial score (nSPS) is 41.3. The molecule has 3 aliphatic carbocycles. The first-order valence-electron chi connectivity index (χ1n) is 9.57. The molecule has 0 aromatic rings. The monoisotopic (exact) mass is 320 g/mol. The third-order valence-electron chi connectivity index (χ3n) is 7.82. The van der Waals surface area contributed by atoms with Gasteiger partial charge in [-0.1, -0.05) is 20.8 Å². The largest absolute Gasteiger partial charge is 0.381 e. The van der Waals surface area contributed by atoms with Gasteiger partial charge in [0.2, 0.25) is 0 Å². The Bertz CT molecular complexity index is 482. The van der Waals surface area contributed by atoms with Gasteiger partial charge in [0.05, 0.1) is 6.61 Å². The van der Waals surface area contributed by atoms with Crippen LogP contribution in [0.2, 0.25) is 0 Å². The molecule has 0 aromatic carbocycles. The van der Waals surface area contributed by atoms with E-state index in [1.165, 1.54) is 32.1 Å². The molecule has 4 nitrogen and oxygen atoms in total. The van der Waals surface area contributed by atoms with Crippen molar-refractivity contribution < 1.29 is 9.53 Å². The average Bonchev–Trinajstić information content (AvgIpc) is 3.12. The lowest BCUT2D eigenvalue weighted by molar-refractivity contribution is 0.114. The Kier molecular flexibility index (Phi) is 3.67. The summed E-state index contributed by atoms with van der Waals surface area (Å²) < 4.78 is 5.50. The van der Waals surface area contributed by atoms with Gasteiger partial charge in [-0.2, -0.15) is 0 Å². The lowest BCUT2D eigenvalue weighted by Gasteiger charge is -2.40. The van der Waals surface area contributed by atoms with Gasteiger partial charge in [0.15, 0.2) is 0 Å². The van der Waals surface area contributed by atoms with Crippen molar-refractivity contribution >= 4 is 6.03 Å². The zero-order valence-corrected chi connectivity index (χ0v) is 14.9. The van der Waals surface area contributed by atoms with E-state index in [1.54, 1.807) is 0 Å². The van der Waals surface area contributed by atoms with Crippen LogP contribution in [0, 0.1) is 22.7 Å². The van der Waals surface area contributed by atoms with Crippen molar-refractivity contribution in [3.8, 4) is 0 Å². The van der Waals surface area contributed by atoms with Crippen LogP contribution in [0.25, 0.3) is 0 Å². The average molecular weight is 320 g/mol. The first-order chi connectivity index (χ1) is 10.9. The van der Waals surface area contributed by atoms with E-state index in [0.717, 1.165) is 32.1 Å². The fourth-order valence-electron chi connectivity index (χ4n) is 5.44. The molecule has 3 saturated carbocycles. The number of carbonyl (C=O) groups excluding carboxylic acids is 1. The van der Waals surface area contributed by atoms with Crippen LogP contribution in [-0.2, 0) is 4.74 Å². The molecule has 1 saturated heterocycles. The second-order valence-corrected chi connectivity index (χ2v) is 9.23. The van der Waals surface area contributed by atoms with Crippen LogP contribution < -0.4 is 5.32 Å². The Morgan fingerprint density at radius 1 is 1.22 bits per heavy atom. The zero-order chi connectivity index (χ0) is 16.2. The van der Waals surface area contributed by atoms with Crippen LogP contribution >= 0.6 is 0 Å². The van der Waals surface area contributed by atoms with Crippen molar-refractivity contribution in [1.29, 1.82) is 0 Å². The second-order valence-electron chi connectivity index (χ2n) is 9.23. The first kappa shape index (κ1) is 15.7. The summed E-state index contributed by atoms with van der Waals surface area (Å²) in [6, 6.07) is 1.02. The molecule has 4 atom stereocenters. The number of fused-ring (bicyclic) bond motifs is 2. The molecule has 0 radical (unpaired) electrons. The Labute approximate surface area is 140 Å². The first-order valence-corrected chi connectivity index (χ1v) is 9.57. The van der Waals surface area contributed by atoms with Crippen molar-refractivity contribution in [1.82, 2.24) is 10.2 Å². The summed E-state index contributed by atoms with van der Waals surface area (Å²) in [4.78, 5) is 15.1. The molecule has 1 aliphatic heterocycles. The van der Waals surface area contributed by atoms with E-state index in [9.17, 15) is 4.79 Å². The summed E-state index contributed by atoms with van der Waals surface area (Å²) >= 11 is 0. The molecule has 23 heavy (non-hydrogen) atoms. The lowest BCUT2D eigenvalue weighted by Crippen LogP contribution is -2.52. The maximum absolute atomic E-state index is 13.0. The third-order valence-corrected chi connectivity index (χ3v) is 7.82. The van der Waals surface area contributed by atoms with Crippen LogP contribution in [0.4, 0.5) is 4.79 Å². The van der Waals surface area contributed by atoms with Crippen LogP contribution in [0.3, 0.4) is 0 Å². The summed E-state index contributed by atoms with van der Waals surface area (Å²) in [5, 5.41) is 3.45. The van der Waals surface area contributed by atoms with Crippen molar-refractivity contribution in [2.24, 2.45) is 22.7 Å². The maximum Gasteiger partial charge on any atom is 0.317 e. The van der Waals surface area contributed by atoms with E-state index in [-0.39, 0.29) is 11.4 Å². The van der Waals surface area contributed by atoms with E-state index in [2.05, 4.69) is 31.0 Å². The number of nitrogens with zero attached hydrogens (tertiary/aromatic N) is 1. The van der Waals surface area contributed by atoms with E-state index in [0.29, 0.717) is 23.4 Å². The summed E-state index contributed by atoms with van der Waals surface area (Å²) in [5.74, 6) is 1.31. The van der Waals surface area contributed by atoms with Crippen molar-refractivity contribution in [3.63, 3.8) is 0 Å². The molecule has 0 spiro atoms. The fourth-order valence-corrected chi connectivity index (χ4v) is 5.44. The quantitative estimate of drug-likeness (QED) is 0.862. The molecule has 4 aliphatic rings. The SMILES string of the molecule is CC1(C)[C@H]2CC[C@@]1(C)[C@H](NC(=O)N(C[C@H]1CCOC1)C1CC1)C2. The van der Waals surface area contributed by atoms with E-state index in [4.69, 9.17) is 4.74 Å².